The molecule has 7 nitrogen and oxygen atoms in total. The highest BCUT2D eigenvalue weighted by atomic mass is 32.1. The van der Waals surface area contributed by atoms with Crippen LogP contribution < -0.4 is 10.6 Å². The van der Waals surface area contributed by atoms with Crippen molar-refractivity contribution in [2.24, 2.45) is 7.05 Å². The van der Waals surface area contributed by atoms with Crippen LogP contribution in [-0.2, 0) is 20.0 Å². The van der Waals surface area contributed by atoms with Gasteiger partial charge in [0.05, 0.1) is 30.0 Å². The van der Waals surface area contributed by atoms with E-state index in [-0.39, 0.29) is 11.9 Å². The van der Waals surface area contributed by atoms with E-state index in [4.69, 9.17) is 0 Å². The minimum atomic E-state index is -0.155. The maximum Gasteiger partial charge on any atom is 0.253 e. The molecule has 0 saturated carbocycles. The first-order valence-electron chi connectivity index (χ1n) is 8.47. The van der Waals surface area contributed by atoms with Gasteiger partial charge in [-0.3, -0.25) is 9.48 Å². The second kappa shape index (κ2) is 8.09. The Kier molecular flexibility index (Phi) is 5.62. The summed E-state index contributed by atoms with van der Waals surface area (Å²) in [5.41, 5.74) is 2.65. The van der Waals surface area contributed by atoms with E-state index in [1.807, 2.05) is 31.7 Å². The first kappa shape index (κ1) is 18.1. The Morgan fingerprint density at radius 2 is 2.19 bits per heavy atom. The van der Waals surface area contributed by atoms with Crippen molar-refractivity contribution < 1.29 is 4.79 Å². The maximum absolute atomic E-state index is 12.2. The number of rotatable bonds is 7. The molecular weight excluding hydrogens is 348 g/mol. The third-order valence-corrected chi connectivity index (χ3v) is 4.87. The van der Waals surface area contributed by atoms with Crippen LogP contribution in [-0.4, -0.2) is 25.7 Å². The van der Waals surface area contributed by atoms with E-state index in [9.17, 15) is 4.79 Å². The summed E-state index contributed by atoms with van der Waals surface area (Å²) in [7, 11) is 1.89. The second-order valence-electron chi connectivity index (χ2n) is 6.01. The van der Waals surface area contributed by atoms with Crippen LogP contribution in [0.2, 0.25) is 0 Å². The maximum atomic E-state index is 12.2. The van der Waals surface area contributed by atoms with Crippen LogP contribution in [0.15, 0.2) is 36.1 Å². The SMILES string of the molecule is CCc1csc(CNC(=O)c2ccc(NC(C)c3cnn(C)c3)nc2)n1. The Hall–Kier alpha value is -2.74. The van der Waals surface area contributed by atoms with Crippen molar-refractivity contribution in [2.45, 2.75) is 32.9 Å². The number of amides is 1. The summed E-state index contributed by atoms with van der Waals surface area (Å²) in [4.78, 5) is 21.0. The van der Waals surface area contributed by atoms with Gasteiger partial charge >= 0.3 is 0 Å². The summed E-state index contributed by atoms with van der Waals surface area (Å²) in [6, 6.07) is 3.65. The second-order valence-corrected chi connectivity index (χ2v) is 6.96. The first-order valence-corrected chi connectivity index (χ1v) is 9.35. The summed E-state index contributed by atoms with van der Waals surface area (Å²) in [5, 5.41) is 13.3. The number of nitrogens with one attached hydrogen (secondary N) is 2. The molecule has 0 spiro atoms. The van der Waals surface area contributed by atoms with Crippen molar-refractivity contribution >= 4 is 23.1 Å². The van der Waals surface area contributed by atoms with E-state index in [1.165, 1.54) is 0 Å². The van der Waals surface area contributed by atoms with Gasteiger partial charge < -0.3 is 10.6 Å². The van der Waals surface area contributed by atoms with E-state index in [2.05, 4.69) is 32.6 Å². The summed E-state index contributed by atoms with van der Waals surface area (Å²) in [6.45, 7) is 4.53. The fourth-order valence-electron chi connectivity index (χ4n) is 2.43. The van der Waals surface area contributed by atoms with Crippen molar-refractivity contribution in [1.82, 2.24) is 25.1 Å². The smallest absolute Gasteiger partial charge is 0.253 e. The van der Waals surface area contributed by atoms with Crippen LogP contribution >= 0.6 is 11.3 Å². The van der Waals surface area contributed by atoms with E-state index >= 15 is 0 Å². The molecule has 3 heterocycles. The standard InChI is InChI=1S/C18H22N6OS/c1-4-15-11-26-17(23-15)9-20-18(25)13-5-6-16(19-7-13)22-12(2)14-8-21-24(3)10-14/h5-8,10-12H,4,9H2,1-3H3,(H,19,22)(H,20,25). The van der Waals surface area contributed by atoms with Crippen LogP contribution in [0.1, 0.15) is 46.5 Å². The van der Waals surface area contributed by atoms with Crippen molar-refractivity contribution in [3.05, 3.63) is 57.9 Å². The molecule has 0 aliphatic rings. The molecule has 2 N–H and O–H groups in total. The summed E-state index contributed by atoms with van der Waals surface area (Å²) in [6.07, 6.45) is 6.26. The predicted molar refractivity (Wildman–Crippen MR) is 102 cm³/mol. The zero-order valence-corrected chi connectivity index (χ0v) is 15.9. The predicted octanol–water partition coefficient (Wildman–Crippen LogP) is 2.94. The Bertz CT molecular complexity index is 870. The Morgan fingerprint density at radius 1 is 1.35 bits per heavy atom. The van der Waals surface area contributed by atoms with Crippen molar-refractivity contribution in [3.8, 4) is 0 Å². The number of pyridine rings is 1. The average molecular weight is 370 g/mol. The number of thiazole rings is 1. The third-order valence-electron chi connectivity index (χ3n) is 3.98. The van der Waals surface area contributed by atoms with Crippen molar-refractivity contribution in [1.29, 1.82) is 0 Å². The first-order chi connectivity index (χ1) is 12.5. The highest BCUT2D eigenvalue weighted by Gasteiger charge is 2.10. The lowest BCUT2D eigenvalue weighted by atomic mass is 10.2. The third kappa shape index (κ3) is 4.45. The number of hydrogen-bond acceptors (Lipinski definition) is 6. The molecule has 0 bridgehead atoms. The van der Waals surface area contributed by atoms with E-state index in [1.54, 1.807) is 34.3 Å². The molecule has 8 heteroatoms. The van der Waals surface area contributed by atoms with Gasteiger partial charge in [-0.1, -0.05) is 6.92 Å². The number of carbonyl (C=O) groups is 1. The molecule has 0 fully saturated rings. The Morgan fingerprint density at radius 3 is 2.81 bits per heavy atom. The molecule has 0 aliphatic heterocycles. The fraction of sp³-hybridized carbons (Fsp3) is 0.333. The molecule has 0 saturated heterocycles. The number of aryl methyl sites for hydroxylation is 2. The zero-order valence-electron chi connectivity index (χ0n) is 15.1. The highest BCUT2D eigenvalue weighted by molar-refractivity contribution is 7.09. The molecule has 1 atom stereocenters. The molecule has 26 heavy (non-hydrogen) atoms. The van der Waals surface area contributed by atoms with Crippen LogP contribution in [0.3, 0.4) is 0 Å². The number of carbonyl (C=O) groups excluding carboxylic acids is 1. The van der Waals surface area contributed by atoms with Gasteiger partial charge in [0.1, 0.15) is 10.8 Å². The van der Waals surface area contributed by atoms with Crippen LogP contribution in [0.4, 0.5) is 5.82 Å². The number of anilines is 1. The Balaban J connectivity index is 1.55. The van der Waals surface area contributed by atoms with Gasteiger partial charge in [0, 0.05) is 30.4 Å². The minimum Gasteiger partial charge on any atom is -0.363 e. The van der Waals surface area contributed by atoms with Gasteiger partial charge in [-0.15, -0.1) is 11.3 Å². The molecule has 0 aromatic carbocycles. The monoisotopic (exact) mass is 370 g/mol. The van der Waals surface area contributed by atoms with E-state index < -0.39 is 0 Å². The molecule has 0 radical (unpaired) electrons. The van der Waals surface area contributed by atoms with Crippen molar-refractivity contribution in [2.75, 3.05) is 5.32 Å². The molecule has 1 unspecified atom stereocenters. The average Bonchev–Trinajstić information content (AvgIpc) is 3.29. The quantitative estimate of drug-likeness (QED) is 0.668. The topological polar surface area (TPSA) is 84.7 Å². The highest BCUT2D eigenvalue weighted by Crippen LogP contribution is 2.17. The van der Waals surface area contributed by atoms with Crippen LogP contribution in [0, 0.1) is 0 Å². The minimum absolute atomic E-state index is 0.0774. The molecule has 0 aliphatic carbocycles. The molecule has 3 aromatic rings. The van der Waals surface area contributed by atoms with Gasteiger partial charge in [0.2, 0.25) is 0 Å². The largest absolute Gasteiger partial charge is 0.363 e. The summed E-state index contributed by atoms with van der Waals surface area (Å²) < 4.78 is 1.76. The van der Waals surface area contributed by atoms with E-state index in [0.717, 1.165) is 22.7 Å². The summed E-state index contributed by atoms with van der Waals surface area (Å²) >= 11 is 1.56. The van der Waals surface area contributed by atoms with E-state index in [0.29, 0.717) is 17.9 Å². The molecule has 3 aromatic heterocycles. The fourth-order valence-corrected chi connectivity index (χ4v) is 3.25. The number of hydrogen-bond donors (Lipinski definition) is 2. The summed E-state index contributed by atoms with van der Waals surface area (Å²) in [5.74, 6) is 0.558. The molecule has 136 valence electrons. The molecule has 1 amide bonds. The number of nitrogens with zero attached hydrogens (tertiary/aromatic N) is 4. The van der Waals surface area contributed by atoms with Gasteiger partial charge in [0.15, 0.2) is 0 Å². The van der Waals surface area contributed by atoms with Gasteiger partial charge in [-0.2, -0.15) is 5.10 Å². The molecular formula is C18H22N6OS. The normalized spacial score (nSPS) is 12.0. The van der Waals surface area contributed by atoms with Gasteiger partial charge in [0.25, 0.3) is 5.91 Å². The van der Waals surface area contributed by atoms with Gasteiger partial charge in [-0.25, -0.2) is 9.97 Å². The molecule has 3 rings (SSSR count). The Labute approximate surface area is 156 Å². The van der Waals surface area contributed by atoms with Crippen LogP contribution in [0.25, 0.3) is 0 Å². The van der Waals surface area contributed by atoms with Crippen molar-refractivity contribution in [3.63, 3.8) is 0 Å². The number of aromatic nitrogens is 4. The van der Waals surface area contributed by atoms with Gasteiger partial charge in [-0.05, 0) is 25.5 Å². The zero-order chi connectivity index (χ0) is 18.5. The lowest BCUT2D eigenvalue weighted by molar-refractivity contribution is 0.0950. The van der Waals surface area contributed by atoms with Crippen LogP contribution in [0.5, 0.6) is 0 Å². The lowest BCUT2D eigenvalue weighted by Crippen LogP contribution is -2.23. The lowest BCUT2D eigenvalue weighted by Gasteiger charge is -2.13.